The van der Waals surface area contributed by atoms with E-state index < -0.39 is 11.9 Å². The number of hydrogen-bond donors (Lipinski definition) is 2. The molecule has 0 saturated carbocycles. The van der Waals surface area contributed by atoms with E-state index in [1.807, 2.05) is 0 Å². The van der Waals surface area contributed by atoms with Crippen LogP contribution in [0.1, 0.15) is 20.7 Å². The van der Waals surface area contributed by atoms with Crippen LogP contribution >= 0.6 is 0 Å². The number of carbonyl (C=O) groups is 2. The molecule has 0 radical (unpaired) electrons. The third-order valence-electron chi connectivity index (χ3n) is 3.04. The predicted octanol–water partition coefficient (Wildman–Crippen LogP) is 2.44. The summed E-state index contributed by atoms with van der Waals surface area (Å²) >= 11 is 0. The van der Waals surface area contributed by atoms with Crippen LogP contribution in [0.4, 0.5) is 5.69 Å². The number of benzene rings is 2. The number of phenolic OH excluding ortho intramolecular Hbond substituents is 1. The van der Waals surface area contributed by atoms with Gasteiger partial charge in [0.15, 0.2) is 5.75 Å². The van der Waals surface area contributed by atoms with Crippen LogP contribution in [0, 0.1) is 0 Å². The predicted molar refractivity (Wildman–Crippen MR) is 80.4 cm³/mol. The van der Waals surface area contributed by atoms with Crippen molar-refractivity contribution < 1.29 is 24.2 Å². The number of methoxy groups -OCH3 is 2. The minimum Gasteiger partial charge on any atom is -0.505 e. The Balaban J connectivity index is 2.31. The first-order valence-corrected chi connectivity index (χ1v) is 6.43. The summed E-state index contributed by atoms with van der Waals surface area (Å²) < 4.78 is 9.68. The minimum atomic E-state index is -0.689. The van der Waals surface area contributed by atoms with Gasteiger partial charge in [0.25, 0.3) is 5.91 Å². The summed E-state index contributed by atoms with van der Waals surface area (Å²) in [6.45, 7) is 0. The number of anilines is 1. The molecule has 6 nitrogen and oxygen atoms in total. The van der Waals surface area contributed by atoms with Gasteiger partial charge in [0.1, 0.15) is 11.3 Å². The van der Waals surface area contributed by atoms with Crippen LogP contribution in [0.3, 0.4) is 0 Å². The number of hydrogen-bond acceptors (Lipinski definition) is 5. The lowest BCUT2D eigenvalue weighted by atomic mass is 10.1. The van der Waals surface area contributed by atoms with Gasteiger partial charge >= 0.3 is 5.97 Å². The fourth-order valence-electron chi connectivity index (χ4n) is 1.94. The molecule has 2 N–H and O–H groups in total. The van der Waals surface area contributed by atoms with Gasteiger partial charge in [-0.2, -0.15) is 0 Å². The van der Waals surface area contributed by atoms with Gasteiger partial charge in [-0.25, -0.2) is 4.79 Å². The molecule has 0 aliphatic heterocycles. The molecule has 0 bridgehead atoms. The Labute approximate surface area is 127 Å². The summed E-state index contributed by atoms with van der Waals surface area (Å²) in [7, 11) is 2.67. The maximum absolute atomic E-state index is 12.3. The number of ether oxygens (including phenoxy) is 2. The smallest absolute Gasteiger partial charge is 0.341 e. The molecule has 0 saturated heterocycles. The highest BCUT2D eigenvalue weighted by atomic mass is 16.5. The lowest BCUT2D eigenvalue weighted by Gasteiger charge is -2.11. The zero-order chi connectivity index (χ0) is 16.1. The third-order valence-corrected chi connectivity index (χ3v) is 3.04. The van der Waals surface area contributed by atoms with Crippen molar-refractivity contribution in [3.63, 3.8) is 0 Å². The Morgan fingerprint density at radius 1 is 1.00 bits per heavy atom. The molecule has 0 aliphatic carbocycles. The summed E-state index contributed by atoms with van der Waals surface area (Å²) in [4.78, 5) is 23.8. The van der Waals surface area contributed by atoms with Gasteiger partial charge in [0, 0.05) is 0 Å². The second-order valence-corrected chi connectivity index (χ2v) is 4.35. The molecule has 0 atom stereocenters. The fourth-order valence-corrected chi connectivity index (χ4v) is 1.94. The van der Waals surface area contributed by atoms with Crippen molar-refractivity contribution in [1.29, 1.82) is 0 Å². The molecular weight excluding hydrogens is 286 g/mol. The molecule has 2 aromatic carbocycles. The van der Waals surface area contributed by atoms with E-state index >= 15 is 0 Å². The van der Waals surface area contributed by atoms with Gasteiger partial charge in [-0.05, 0) is 24.3 Å². The highest BCUT2D eigenvalue weighted by Crippen LogP contribution is 2.29. The molecule has 0 unspecified atom stereocenters. The minimum absolute atomic E-state index is 0.0275. The third kappa shape index (κ3) is 3.01. The summed E-state index contributed by atoms with van der Waals surface area (Å²) in [5.41, 5.74) is 0.395. The van der Waals surface area contributed by atoms with Gasteiger partial charge in [-0.1, -0.05) is 18.2 Å². The SMILES string of the molecule is COC(=O)c1cccc(NC(=O)c2ccccc2OC)c1O. The van der Waals surface area contributed by atoms with Crippen LogP contribution < -0.4 is 10.1 Å². The van der Waals surface area contributed by atoms with E-state index in [9.17, 15) is 14.7 Å². The van der Waals surface area contributed by atoms with Crippen molar-refractivity contribution in [2.24, 2.45) is 0 Å². The summed E-state index contributed by atoms with van der Waals surface area (Å²) in [5, 5.41) is 12.6. The molecule has 1 amide bonds. The second-order valence-electron chi connectivity index (χ2n) is 4.35. The van der Waals surface area contributed by atoms with Crippen molar-refractivity contribution in [3.05, 3.63) is 53.6 Å². The fraction of sp³-hybridized carbons (Fsp3) is 0.125. The standard InChI is InChI=1S/C16H15NO5/c1-21-13-9-4-3-6-10(13)15(19)17-12-8-5-7-11(14(12)18)16(20)22-2/h3-9,18H,1-2H3,(H,17,19). The molecule has 6 heteroatoms. The van der Waals surface area contributed by atoms with Crippen LogP contribution in [-0.2, 0) is 4.74 Å². The molecule has 2 rings (SSSR count). The summed E-state index contributed by atoms with van der Waals surface area (Å²) in [6, 6.07) is 11.1. The van der Waals surface area contributed by atoms with Crippen LogP contribution in [0.15, 0.2) is 42.5 Å². The monoisotopic (exact) mass is 301 g/mol. The van der Waals surface area contributed by atoms with E-state index in [4.69, 9.17) is 4.74 Å². The largest absolute Gasteiger partial charge is 0.505 e. The van der Waals surface area contributed by atoms with Gasteiger partial charge in [-0.3, -0.25) is 4.79 Å². The molecule has 0 aromatic heterocycles. The maximum atomic E-state index is 12.3. The highest BCUT2D eigenvalue weighted by molar-refractivity contribution is 6.08. The first-order chi connectivity index (χ1) is 10.6. The summed E-state index contributed by atoms with van der Waals surface area (Å²) in [5.74, 6) is -1.10. The average molecular weight is 301 g/mol. The number of amides is 1. The van der Waals surface area contributed by atoms with Crippen molar-refractivity contribution in [2.45, 2.75) is 0 Å². The number of rotatable bonds is 4. The molecule has 0 aliphatic rings. The first kappa shape index (κ1) is 15.4. The normalized spacial score (nSPS) is 9.91. The van der Waals surface area contributed by atoms with Gasteiger partial charge in [0.2, 0.25) is 0 Å². The van der Waals surface area contributed by atoms with Crippen molar-refractivity contribution in [1.82, 2.24) is 0 Å². The maximum Gasteiger partial charge on any atom is 0.341 e. The Morgan fingerprint density at radius 2 is 1.68 bits per heavy atom. The van der Waals surface area contributed by atoms with Crippen LogP contribution in [0.2, 0.25) is 0 Å². The Bertz CT molecular complexity index is 711. The molecule has 0 fully saturated rings. The molecule has 0 spiro atoms. The number of phenols is 1. The van der Waals surface area contributed by atoms with E-state index in [2.05, 4.69) is 10.1 Å². The number of carbonyl (C=O) groups excluding carboxylic acids is 2. The van der Waals surface area contributed by atoms with E-state index in [0.29, 0.717) is 11.3 Å². The van der Waals surface area contributed by atoms with E-state index in [0.717, 1.165) is 0 Å². The Kier molecular flexibility index (Phi) is 4.63. The number of para-hydroxylation sites is 2. The topological polar surface area (TPSA) is 84.9 Å². The molecule has 2 aromatic rings. The zero-order valence-corrected chi connectivity index (χ0v) is 12.1. The quantitative estimate of drug-likeness (QED) is 0.669. The highest BCUT2D eigenvalue weighted by Gasteiger charge is 2.18. The molecular formula is C16H15NO5. The van der Waals surface area contributed by atoms with Crippen molar-refractivity contribution in [3.8, 4) is 11.5 Å². The van der Waals surface area contributed by atoms with Gasteiger partial charge in [-0.15, -0.1) is 0 Å². The second kappa shape index (κ2) is 6.62. The molecule has 22 heavy (non-hydrogen) atoms. The van der Waals surface area contributed by atoms with Gasteiger partial charge < -0.3 is 19.9 Å². The lowest BCUT2D eigenvalue weighted by Crippen LogP contribution is -2.14. The lowest BCUT2D eigenvalue weighted by molar-refractivity contribution is 0.0597. The van der Waals surface area contributed by atoms with Crippen molar-refractivity contribution in [2.75, 3.05) is 19.5 Å². The van der Waals surface area contributed by atoms with Crippen LogP contribution in [-0.4, -0.2) is 31.2 Å². The Morgan fingerprint density at radius 3 is 2.36 bits per heavy atom. The molecule has 114 valence electrons. The van der Waals surface area contributed by atoms with E-state index in [-0.39, 0.29) is 17.0 Å². The molecule has 0 heterocycles. The van der Waals surface area contributed by atoms with Crippen LogP contribution in [0.5, 0.6) is 11.5 Å². The van der Waals surface area contributed by atoms with Gasteiger partial charge in [0.05, 0.1) is 25.5 Å². The van der Waals surface area contributed by atoms with E-state index in [1.54, 1.807) is 24.3 Å². The number of esters is 1. The average Bonchev–Trinajstić information content (AvgIpc) is 2.55. The van der Waals surface area contributed by atoms with Crippen molar-refractivity contribution >= 4 is 17.6 Å². The first-order valence-electron chi connectivity index (χ1n) is 6.43. The number of nitrogens with one attached hydrogen (secondary N) is 1. The van der Waals surface area contributed by atoms with Crippen LogP contribution in [0.25, 0.3) is 0 Å². The van der Waals surface area contributed by atoms with E-state index in [1.165, 1.54) is 32.4 Å². The summed E-state index contributed by atoms with van der Waals surface area (Å²) in [6.07, 6.45) is 0. The number of aromatic hydroxyl groups is 1. The Hall–Kier alpha value is -3.02. The zero-order valence-electron chi connectivity index (χ0n) is 12.1.